The summed E-state index contributed by atoms with van der Waals surface area (Å²) in [4.78, 5) is 26.8. The molecule has 1 fully saturated rings. The van der Waals surface area contributed by atoms with E-state index in [9.17, 15) is 9.59 Å². The predicted octanol–water partition coefficient (Wildman–Crippen LogP) is 1.11. The van der Waals surface area contributed by atoms with Gasteiger partial charge in [-0.15, -0.1) is 0 Å². The van der Waals surface area contributed by atoms with Crippen molar-refractivity contribution in [2.45, 2.75) is 40.2 Å². The molecular formula is C8H15NO3. The minimum atomic E-state index is -0.233. The molecule has 0 aromatic heterocycles. The number of carbonyl (C=O) groups is 2. The van der Waals surface area contributed by atoms with Crippen LogP contribution in [0.1, 0.15) is 34.1 Å². The van der Waals surface area contributed by atoms with Crippen molar-refractivity contribution >= 4 is 11.8 Å². The molecule has 0 saturated carbocycles. The first-order chi connectivity index (χ1) is 5.11. The molecule has 1 aliphatic heterocycles. The number of amides is 2. The highest BCUT2D eigenvalue weighted by atomic mass is 16.7. The lowest BCUT2D eigenvalue weighted by atomic mass is 10.4. The van der Waals surface area contributed by atoms with Crippen molar-refractivity contribution in [3.8, 4) is 0 Å². The quantitative estimate of drug-likeness (QED) is 0.588. The Morgan fingerprint density at radius 1 is 1.25 bits per heavy atom. The van der Waals surface area contributed by atoms with Crippen LogP contribution in [0.25, 0.3) is 0 Å². The SMILES string of the molecule is C.CC(C)ON1C(=O)CCC1=O. The van der Waals surface area contributed by atoms with Gasteiger partial charge in [0.2, 0.25) is 0 Å². The van der Waals surface area contributed by atoms with Crippen LogP contribution in [-0.2, 0) is 14.4 Å². The fourth-order valence-corrected chi connectivity index (χ4v) is 0.884. The van der Waals surface area contributed by atoms with Crippen LogP contribution in [0.4, 0.5) is 0 Å². The molecule has 0 atom stereocenters. The molecule has 0 bridgehead atoms. The fourth-order valence-electron chi connectivity index (χ4n) is 0.884. The second kappa shape index (κ2) is 4.21. The van der Waals surface area contributed by atoms with E-state index < -0.39 is 0 Å². The minimum absolute atomic E-state index is 0. The lowest BCUT2D eigenvalue weighted by Crippen LogP contribution is -2.31. The van der Waals surface area contributed by atoms with Crippen LogP contribution in [-0.4, -0.2) is 23.0 Å². The van der Waals surface area contributed by atoms with Gasteiger partial charge in [0.1, 0.15) is 0 Å². The molecule has 70 valence electrons. The van der Waals surface area contributed by atoms with E-state index in [4.69, 9.17) is 4.84 Å². The van der Waals surface area contributed by atoms with Gasteiger partial charge in [-0.3, -0.25) is 14.4 Å². The second-order valence-electron chi connectivity index (χ2n) is 2.74. The zero-order chi connectivity index (χ0) is 8.43. The molecule has 0 radical (unpaired) electrons. The van der Waals surface area contributed by atoms with Crippen molar-refractivity contribution in [3.05, 3.63) is 0 Å². The summed E-state index contributed by atoms with van der Waals surface area (Å²) in [7, 11) is 0. The average Bonchev–Trinajstić information content (AvgIpc) is 2.18. The number of rotatable bonds is 2. The Morgan fingerprint density at radius 2 is 1.67 bits per heavy atom. The van der Waals surface area contributed by atoms with Crippen molar-refractivity contribution in [2.75, 3.05) is 0 Å². The van der Waals surface area contributed by atoms with Crippen LogP contribution in [0.3, 0.4) is 0 Å². The molecule has 0 N–H and O–H groups in total. The molecule has 2 amide bonds. The number of hydroxylamine groups is 2. The standard InChI is InChI=1S/C7H11NO3.CH4/c1-5(2)11-8-6(9)3-4-7(8)10;/h5H,3-4H2,1-2H3;1H4. The first kappa shape index (κ1) is 11.1. The lowest BCUT2D eigenvalue weighted by Gasteiger charge is -2.15. The number of hydrogen-bond acceptors (Lipinski definition) is 3. The molecule has 4 heteroatoms. The van der Waals surface area contributed by atoms with Crippen molar-refractivity contribution in [2.24, 2.45) is 0 Å². The maximum Gasteiger partial charge on any atom is 0.254 e. The van der Waals surface area contributed by atoms with Gasteiger partial charge in [0.05, 0.1) is 6.10 Å². The average molecular weight is 173 g/mol. The van der Waals surface area contributed by atoms with Crippen LogP contribution in [0.2, 0.25) is 0 Å². The fraction of sp³-hybridized carbons (Fsp3) is 0.750. The molecule has 0 spiro atoms. The number of nitrogens with zero attached hydrogens (tertiary/aromatic N) is 1. The monoisotopic (exact) mass is 173 g/mol. The molecule has 1 aliphatic rings. The van der Waals surface area contributed by atoms with E-state index in [0.29, 0.717) is 0 Å². The Morgan fingerprint density at radius 3 is 2.00 bits per heavy atom. The summed E-state index contributed by atoms with van der Waals surface area (Å²) >= 11 is 0. The molecule has 1 saturated heterocycles. The second-order valence-corrected chi connectivity index (χ2v) is 2.74. The third-order valence-corrected chi connectivity index (χ3v) is 1.32. The van der Waals surface area contributed by atoms with Gasteiger partial charge in [-0.25, -0.2) is 0 Å². The summed E-state index contributed by atoms with van der Waals surface area (Å²) < 4.78 is 0. The van der Waals surface area contributed by atoms with E-state index in [0.717, 1.165) is 5.06 Å². The number of hydrogen-bond donors (Lipinski definition) is 0. The third-order valence-electron chi connectivity index (χ3n) is 1.32. The molecule has 0 aliphatic carbocycles. The maximum absolute atomic E-state index is 10.9. The van der Waals surface area contributed by atoms with Crippen LogP contribution >= 0.6 is 0 Å². The first-order valence-electron chi connectivity index (χ1n) is 3.64. The van der Waals surface area contributed by atoms with Gasteiger partial charge in [0.25, 0.3) is 11.8 Å². The zero-order valence-electron chi connectivity index (χ0n) is 6.66. The summed E-state index contributed by atoms with van der Waals surface area (Å²) in [5, 5.41) is 0.866. The van der Waals surface area contributed by atoms with Crippen molar-refractivity contribution in [1.82, 2.24) is 5.06 Å². The van der Waals surface area contributed by atoms with Gasteiger partial charge < -0.3 is 0 Å². The van der Waals surface area contributed by atoms with E-state index in [1.807, 2.05) is 0 Å². The van der Waals surface area contributed by atoms with Gasteiger partial charge in [-0.05, 0) is 13.8 Å². The van der Waals surface area contributed by atoms with Crippen molar-refractivity contribution < 1.29 is 14.4 Å². The Hall–Kier alpha value is -0.900. The Kier molecular flexibility index (Phi) is 3.89. The summed E-state index contributed by atoms with van der Waals surface area (Å²) in [6.07, 6.45) is 0.443. The molecule has 0 aromatic rings. The first-order valence-corrected chi connectivity index (χ1v) is 3.64. The van der Waals surface area contributed by atoms with E-state index in [-0.39, 0.29) is 38.2 Å². The molecule has 12 heavy (non-hydrogen) atoms. The normalized spacial score (nSPS) is 17.1. The smallest absolute Gasteiger partial charge is 0.254 e. The van der Waals surface area contributed by atoms with Crippen LogP contribution in [0.5, 0.6) is 0 Å². The summed E-state index contributed by atoms with van der Waals surface area (Å²) in [6, 6.07) is 0. The Labute approximate surface area is 72.4 Å². The van der Waals surface area contributed by atoms with Gasteiger partial charge in [0, 0.05) is 12.8 Å². The molecule has 1 rings (SSSR count). The van der Waals surface area contributed by atoms with Gasteiger partial charge >= 0.3 is 0 Å². The summed E-state index contributed by atoms with van der Waals surface area (Å²) in [5.74, 6) is -0.465. The minimum Gasteiger partial charge on any atom is -0.272 e. The van der Waals surface area contributed by atoms with E-state index >= 15 is 0 Å². The van der Waals surface area contributed by atoms with Gasteiger partial charge in [-0.1, -0.05) is 7.43 Å². The summed E-state index contributed by atoms with van der Waals surface area (Å²) in [5.41, 5.74) is 0. The predicted molar refractivity (Wildman–Crippen MR) is 44.0 cm³/mol. The Bertz CT molecular complexity index is 173. The van der Waals surface area contributed by atoms with E-state index in [1.165, 1.54) is 0 Å². The highest BCUT2D eigenvalue weighted by Crippen LogP contribution is 2.12. The van der Waals surface area contributed by atoms with Crippen LogP contribution in [0, 0.1) is 0 Å². The van der Waals surface area contributed by atoms with Crippen LogP contribution < -0.4 is 0 Å². The topological polar surface area (TPSA) is 46.6 Å². The van der Waals surface area contributed by atoms with E-state index in [2.05, 4.69) is 0 Å². The van der Waals surface area contributed by atoms with Gasteiger partial charge in [-0.2, -0.15) is 5.06 Å². The maximum atomic E-state index is 10.9. The molecule has 0 unspecified atom stereocenters. The lowest BCUT2D eigenvalue weighted by molar-refractivity contribution is -0.198. The highest BCUT2D eigenvalue weighted by Gasteiger charge is 2.30. The van der Waals surface area contributed by atoms with Crippen molar-refractivity contribution in [1.29, 1.82) is 0 Å². The number of carbonyl (C=O) groups excluding carboxylic acids is 2. The molecule has 0 aromatic carbocycles. The number of imide groups is 1. The molecule has 4 nitrogen and oxygen atoms in total. The third kappa shape index (κ3) is 2.30. The van der Waals surface area contributed by atoms with Crippen LogP contribution in [0.15, 0.2) is 0 Å². The largest absolute Gasteiger partial charge is 0.272 e. The highest BCUT2D eigenvalue weighted by molar-refractivity contribution is 6.00. The van der Waals surface area contributed by atoms with E-state index in [1.54, 1.807) is 13.8 Å². The van der Waals surface area contributed by atoms with Crippen molar-refractivity contribution in [3.63, 3.8) is 0 Å². The zero-order valence-corrected chi connectivity index (χ0v) is 6.66. The molecular weight excluding hydrogens is 158 g/mol. The Balaban J connectivity index is 0.00000121. The summed E-state index contributed by atoms with van der Waals surface area (Å²) in [6.45, 7) is 3.55. The molecule has 1 heterocycles. The van der Waals surface area contributed by atoms with Gasteiger partial charge in [0.15, 0.2) is 0 Å².